The molecule has 0 saturated carbocycles. The van der Waals surface area contributed by atoms with E-state index in [0.29, 0.717) is 11.4 Å². The number of aliphatic hydroxyl groups excluding tert-OH is 1. The van der Waals surface area contributed by atoms with Gasteiger partial charge < -0.3 is 9.84 Å². The predicted molar refractivity (Wildman–Crippen MR) is 122 cm³/mol. The largest absolute Gasteiger partial charge is 0.503 e. The number of methoxy groups -OCH3 is 1. The molecule has 1 N–H and O–H groups in total. The van der Waals surface area contributed by atoms with Crippen molar-refractivity contribution in [3.63, 3.8) is 0 Å². The summed E-state index contributed by atoms with van der Waals surface area (Å²) in [5, 5.41) is 14.8. The number of aliphatic hydroxyl groups is 1. The predicted octanol–water partition coefficient (Wildman–Crippen LogP) is 5.55. The minimum atomic E-state index is -0.708. The third-order valence-corrected chi connectivity index (χ3v) is 6.11. The van der Waals surface area contributed by atoms with Gasteiger partial charge in [-0.05, 0) is 57.8 Å². The summed E-state index contributed by atoms with van der Waals surface area (Å²) in [7, 11) is 1.58. The molecule has 158 valence electrons. The van der Waals surface area contributed by atoms with Crippen molar-refractivity contribution in [3.8, 4) is 16.9 Å². The van der Waals surface area contributed by atoms with Crippen LogP contribution in [0.4, 0.5) is 5.69 Å². The van der Waals surface area contributed by atoms with Crippen molar-refractivity contribution in [2.75, 3.05) is 12.0 Å². The van der Waals surface area contributed by atoms with Gasteiger partial charge in [0.15, 0.2) is 11.5 Å². The van der Waals surface area contributed by atoms with E-state index < -0.39 is 17.7 Å². The van der Waals surface area contributed by atoms with E-state index in [1.165, 1.54) is 4.90 Å². The monoisotopic (exact) mass is 433 g/mol. The number of ketones is 1. The van der Waals surface area contributed by atoms with Gasteiger partial charge in [0.1, 0.15) is 5.75 Å². The Balaban J connectivity index is 1.79. The zero-order valence-electron chi connectivity index (χ0n) is 17.5. The highest BCUT2D eigenvalue weighted by molar-refractivity contribution is 7.08. The summed E-state index contributed by atoms with van der Waals surface area (Å²) >= 11 is 1.62. The van der Waals surface area contributed by atoms with Crippen LogP contribution in [0.1, 0.15) is 25.5 Å². The van der Waals surface area contributed by atoms with Gasteiger partial charge >= 0.3 is 0 Å². The van der Waals surface area contributed by atoms with Gasteiger partial charge in [-0.1, -0.05) is 38.1 Å². The second-order valence-electron chi connectivity index (χ2n) is 7.69. The smallest absolute Gasteiger partial charge is 0.294 e. The SMILES string of the molecule is COc1ccc(C2C(C(=O)C(C)C)=C(O)C(=O)N2c2ccc(-c3ccsc3)cc2)cc1. The quantitative estimate of drug-likeness (QED) is 0.554. The van der Waals surface area contributed by atoms with Gasteiger partial charge in [-0.25, -0.2) is 0 Å². The van der Waals surface area contributed by atoms with Crippen LogP contribution in [0.5, 0.6) is 5.75 Å². The Hall–Kier alpha value is -3.38. The van der Waals surface area contributed by atoms with Gasteiger partial charge in [0.05, 0.1) is 18.7 Å². The zero-order chi connectivity index (χ0) is 22.1. The fraction of sp³-hybridized carbons (Fsp3) is 0.200. The lowest BCUT2D eigenvalue weighted by atomic mass is 9.91. The minimum Gasteiger partial charge on any atom is -0.503 e. The molecular formula is C25H23NO4S. The Kier molecular flexibility index (Phi) is 5.65. The second kappa shape index (κ2) is 8.40. The lowest BCUT2D eigenvalue weighted by molar-refractivity contribution is -0.119. The summed E-state index contributed by atoms with van der Waals surface area (Å²) in [6.45, 7) is 3.52. The van der Waals surface area contributed by atoms with Crippen LogP contribution in [0.2, 0.25) is 0 Å². The van der Waals surface area contributed by atoms with Gasteiger partial charge in [0, 0.05) is 11.6 Å². The van der Waals surface area contributed by atoms with E-state index in [0.717, 1.165) is 16.7 Å². The highest BCUT2D eigenvalue weighted by atomic mass is 32.1. The number of anilines is 1. The summed E-state index contributed by atoms with van der Waals surface area (Å²) in [5.41, 5.74) is 3.61. The fourth-order valence-electron chi connectivity index (χ4n) is 3.78. The van der Waals surface area contributed by atoms with Crippen LogP contribution in [0, 0.1) is 5.92 Å². The van der Waals surface area contributed by atoms with Crippen molar-refractivity contribution >= 4 is 28.7 Å². The number of ether oxygens (including phenoxy) is 1. The van der Waals surface area contributed by atoms with Crippen molar-refractivity contribution in [3.05, 3.63) is 82.3 Å². The standard InChI is InChI=1S/C25H23NO4S/c1-15(2)23(27)21-22(17-6-10-20(30-3)11-7-17)26(25(29)24(21)28)19-8-4-16(5-9-19)18-12-13-31-14-18/h4-15,22,28H,1-3H3. The number of hydrogen-bond donors (Lipinski definition) is 1. The number of benzene rings is 2. The number of amides is 1. The Morgan fingerprint density at radius 2 is 1.71 bits per heavy atom. The van der Waals surface area contributed by atoms with E-state index in [1.54, 1.807) is 44.4 Å². The van der Waals surface area contributed by atoms with Crippen LogP contribution in [-0.4, -0.2) is 23.9 Å². The Morgan fingerprint density at radius 1 is 1.03 bits per heavy atom. The van der Waals surface area contributed by atoms with Crippen molar-refractivity contribution in [2.24, 2.45) is 5.92 Å². The van der Waals surface area contributed by atoms with Crippen LogP contribution in [0.3, 0.4) is 0 Å². The molecule has 0 bridgehead atoms. The third kappa shape index (κ3) is 3.75. The molecule has 0 radical (unpaired) electrons. The summed E-state index contributed by atoms with van der Waals surface area (Å²) < 4.78 is 5.24. The highest BCUT2D eigenvalue weighted by Gasteiger charge is 2.44. The molecule has 2 aromatic carbocycles. The van der Waals surface area contributed by atoms with Crippen LogP contribution >= 0.6 is 11.3 Å². The van der Waals surface area contributed by atoms with E-state index in [4.69, 9.17) is 4.74 Å². The van der Waals surface area contributed by atoms with Crippen LogP contribution < -0.4 is 9.64 Å². The molecule has 1 atom stereocenters. The number of hydrogen-bond acceptors (Lipinski definition) is 5. The van der Waals surface area contributed by atoms with Gasteiger partial charge in [0.2, 0.25) is 0 Å². The van der Waals surface area contributed by atoms with Gasteiger partial charge in [-0.15, -0.1) is 0 Å². The van der Waals surface area contributed by atoms with E-state index in [2.05, 4.69) is 5.38 Å². The maximum absolute atomic E-state index is 13.1. The first kappa shape index (κ1) is 20.9. The topological polar surface area (TPSA) is 66.8 Å². The van der Waals surface area contributed by atoms with Gasteiger partial charge in [-0.3, -0.25) is 14.5 Å². The van der Waals surface area contributed by atoms with Crippen molar-refractivity contribution in [1.29, 1.82) is 0 Å². The van der Waals surface area contributed by atoms with Crippen LogP contribution in [0.25, 0.3) is 11.1 Å². The Labute approximate surface area is 185 Å². The fourth-order valence-corrected chi connectivity index (χ4v) is 4.44. The number of Topliss-reactive ketones (excluding diaryl/α,β-unsaturated/α-hetero) is 1. The molecule has 0 aliphatic carbocycles. The van der Waals surface area contributed by atoms with E-state index in [-0.39, 0.29) is 17.3 Å². The van der Waals surface area contributed by atoms with Crippen LogP contribution in [0.15, 0.2) is 76.7 Å². The molecule has 2 heterocycles. The average molecular weight is 434 g/mol. The van der Waals surface area contributed by atoms with E-state index >= 15 is 0 Å². The summed E-state index contributed by atoms with van der Waals surface area (Å²) in [6, 6.07) is 16.1. The summed E-state index contributed by atoms with van der Waals surface area (Å²) in [6.07, 6.45) is 0. The maximum atomic E-state index is 13.1. The maximum Gasteiger partial charge on any atom is 0.294 e. The molecule has 6 heteroatoms. The van der Waals surface area contributed by atoms with Crippen molar-refractivity contribution < 1.29 is 19.4 Å². The molecule has 1 amide bonds. The molecule has 1 aliphatic rings. The molecule has 1 aromatic heterocycles. The molecule has 3 aromatic rings. The second-order valence-corrected chi connectivity index (χ2v) is 8.47. The van der Waals surface area contributed by atoms with E-state index in [1.807, 2.05) is 47.8 Å². The summed E-state index contributed by atoms with van der Waals surface area (Å²) in [5.74, 6) is -0.991. The molecule has 4 rings (SSSR count). The third-order valence-electron chi connectivity index (χ3n) is 5.43. The lowest BCUT2D eigenvalue weighted by Gasteiger charge is -2.27. The molecule has 1 aliphatic heterocycles. The average Bonchev–Trinajstić information content (AvgIpc) is 3.41. The molecule has 31 heavy (non-hydrogen) atoms. The number of carbonyl (C=O) groups excluding carboxylic acids is 2. The molecule has 0 fully saturated rings. The number of rotatable bonds is 6. The highest BCUT2D eigenvalue weighted by Crippen LogP contribution is 2.42. The number of carbonyl (C=O) groups is 2. The van der Waals surface area contributed by atoms with E-state index in [9.17, 15) is 14.7 Å². The first-order valence-electron chi connectivity index (χ1n) is 10.00. The molecule has 5 nitrogen and oxygen atoms in total. The molecule has 0 spiro atoms. The van der Waals surface area contributed by atoms with Gasteiger partial charge in [0.25, 0.3) is 5.91 Å². The normalized spacial score (nSPS) is 16.3. The molecule has 0 saturated heterocycles. The Bertz CT molecular complexity index is 1130. The van der Waals surface area contributed by atoms with Crippen molar-refractivity contribution in [2.45, 2.75) is 19.9 Å². The first-order valence-corrected chi connectivity index (χ1v) is 10.9. The van der Waals surface area contributed by atoms with Crippen molar-refractivity contribution in [1.82, 2.24) is 0 Å². The van der Waals surface area contributed by atoms with Crippen LogP contribution in [-0.2, 0) is 9.59 Å². The van der Waals surface area contributed by atoms with Gasteiger partial charge in [-0.2, -0.15) is 11.3 Å². The molecular weight excluding hydrogens is 410 g/mol. The lowest BCUT2D eigenvalue weighted by Crippen LogP contribution is -2.31. The first-order chi connectivity index (χ1) is 14.9. The zero-order valence-corrected chi connectivity index (χ0v) is 18.3. The Morgan fingerprint density at radius 3 is 2.26 bits per heavy atom. The molecule has 1 unspecified atom stereocenters. The number of thiophene rings is 1. The number of nitrogens with zero attached hydrogens (tertiary/aromatic N) is 1. The minimum absolute atomic E-state index is 0.132. The summed E-state index contributed by atoms with van der Waals surface area (Å²) in [4.78, 5) is 27.6.